The minimum atomic E-state index is -0.564. The van der Waals surface area contributed by atoms with E-state index in [1.54, 1.807) is 11.0 Å². The van der Waals surface area contributed by atoms with Crippen LogP contribution in [0.3, 0.4) is 0 Å². The number of nitrogens with zero attached hydrogens (tertiary/aromatic N) is 8. The highest BCUT2D eigenvalue weighted by molar-refractivity contribution is 9.10. The first kappa shape index (κ1) is 31.0. The third kappa shape index (κ3) is 8.71. The molecule has 13 heteroatoms. The first-order valence-electron chi connectivity index (χ1n) is 13.3. The van der Waals surface area contributed by atoms with E-state index < -0.39 is 11.4 Å². The molecule has 3 rings (SSSR count). The van der Waals surface area contributed by atoms with Crippen LogP contribution in [0.4, 0.5) is 21.0 Å². The summed E-state index contributed by atoms with van der Waals surface area (Å²) in [5.41, 5.74) is 7.97. The molecule has 39 heavy (non-hydrogen) atoms. The Bertz CT molecular complexity index is 1200. The number of ether oxygens (including phenoxy) is 1. The van der Waals surface area contributed by atoms with Gasteiger partial charge in [0.05, 0.1) is 9.50 Å². The van der Waals surface area contributed by atoms with Crippen LogP contribution in [0, 0.1) is 5.82 Å². The van der Waals surface area contributed by atoms with Crippen molar-refractivity contribution >= 4 is 56.3 Å². The zero-order valence-corrected chi connectivity index (χ0v) is 25.4. The van der Waals surface area contributed by atoms with Crippen LogP contribution in [0.15, 0.2) is 15.7 Å². The van der Waals surface area contributed by atoms with Crippen molar-refractivity contribution in [2.45, 2.75) is 64.9 Å². The number of piperazine rings is 1. The van der Waals surface area contributed by atoms with Crippen molar-refractivity contribution in [1.29, 1.82) is 0 Å². The summed E-state index contributed by atoms with van der Waals surface area (Å²) in [5, 5.41) is 4.34. The maximum atomic E-state index is 15.3. The largest absolute Gasteiger partial charge is 0.444 e. The second kappa shape index (κ2) is 14.2. The molecule has 1 aliphatic rings. The Morgan fingerprint density at radius 2 is 1.82 bits per heavy atom. The Labute approximate surface area is 242 Å². The lowest BCUT2D eigenvalue weighted by atomic mass is 10.1. The van der Waals surface area contributed by atoms with Crippen molar-refractivity contribution in [1.82, 2.24) is 14.9 Å². The molecular weight excluding hydrogens is 591 g/mol. The number of hydrogen-bond acceptors (Lipinski definition) is 7. The number of fused-ring (bicyclic) bond motifs is 1. The van der Waals surface area contributed by atoms with Crippen LogP contribution in [-0.4, -0.2) is 72.9 Å². The van der Waals surface area contributed by atoms with Crippen LogP contribution in [0.25, 0.3) is 21.3 Å². The van der Waals surface area contributed by atoms with Crippen molar-refractivity contribution in [2.24, 2.45) is 5.11 Å². The molecule has 0 saturated carbocycles. The van der Waals surface area contributed by atoms with Gasteiger partial charge in [-0.25, -0.2) is 14.2 Å². The number of amides is 1. The van der Waals surface area contributed by atoms with E-state index in [0.29, 0.717) is 49.9 Å². The maximum Gasteiger partial charge on any atom is 0.410 e. The first-order chi connectivity index (χ1) is 18.5. The number of unbranched alkanes of at least 4 members (excludes halogenated alkanes) is 5. The summed E-state index contributed by atoms with van der Waals surface area (Å²) < 4.78 is 21.0. The van der Waals surface area contributed by atoms with E-state index in [1.165, 1.54) is 0 Å². The Morgan fingerprint density at radius 1 is 1.18 bits per heavy atom. The predicted molar refractivity (Wildman–Crippen MR) is 157 cm³/mol. The van der Waals surface area contributed by atoms with Gasteiger partial charge in [0.1, 0.15) is 16.9 Å². The van der Waals surface area contributed by atoms with Gasteiger partial charge in [0.15, 0.2) is 5.82 Å². The van der Waals surface area contributed by atoms with Gasteiger partial charge in [0.25, 0.3) is 0 Å². The number of carbonyl (C=O) groups is 1. The van der Waals surface area contributed by atoms with Crippen LogP contribution in [0.1, 0.15) is 59.3 Å². The van der Waals surface area contributed by atoms with E-state index in [4.69, 9.17) is 26.9 Å². The molecule has 0 spiro atoms. The van der Waals surface area contributed by atoms with Crippen molar-refractivity contribution < 1.29 is 13.9 Å². The quantitative estimate of drug-likeness (QED) is 0.0848. The van der Waals surface area contributed by atoms with Crippen molar-refractivity contribution in [2.75, 3.05) is 56.1 Å². The summed E-state index contributed by atoms with van der Waals surface area (Å²) in [6.07, 6.45) is 5.80. The van der Waals surface area contributed by atoms with E-state index in [1.807, 2.05) is 37.6 Å². The minimum absolute atomic E-state index is 0.171. The molecule has 214 valence electrons. The highest BCUT2D eigenvalue weighted by atomic mass is 79.9. The van der Waals surface area contributed by atoms with Crippen LogP contribution in [-0.2, 0) is 4.74 Å². The van der Waals surface area contributed by atoms with E-state index in [2.05, 4.69) is 30.9 Å². The minimum Gasteiger partial charge on any atom is -0.444 e. The summed E-state index contributed by atoms with van der Waals surface area (Å²) in [6, 6.07) is 1.69. The number of carbonyl (C=O) groups excluding carboxylic acids is 1. The number of azide groups is 1. The second-order valence-electron chi connectivity index (χ2n) is 10.7. The fraction of sp³-hybridized carbons (Fsp3) is 0.654. The molecule has 1 aliphatic heterocycles. The van der Waals surface area contributed by atoms with Crippen molar-refractivity contribution in [3.8, 4) is 0 Å². The van der Waals surface area contributed by atoms with Gasteiger partial charge in [-0.15, -0.1) is 0 Å². The molecule has 0 bridgehead atoms. The molecule has 1 amide bonds. The van der Waals surface area contributed by atoms with Gasteiger partial charge in [-0.1, -0.05) is 42.4 Å². The number of aromatic nitrogens is 2. The van der Waals surface area contributed by atoms with Gasteiger partial charge in [-0.3, -0.25) is 0 Å². The Balaban J connectivity index is 1.72. The molecule has 0 aliphatic carbocycles. The van der Waals surface area contributed by atoms with E-state index >= 15 is 4.39 Å². The molecule has 2 heterocycles. The fourth-order valence-corrected chi connectivity index (χ4v) is 4.86. The maximum absolute atomic E-state index is 15.3. The van der Waals surface area contributed by atoms with E-state index in [-0.39, 0.29) is 21.1 Å². The van der Waals surface area contributed by atoms with Crippen LogP contribution in [0.5, 0.6) is 0 Å². The van der Waals surface area contributed by atoms with Crippen molar-refractivity contribution in [3.63, 3.8) is 0 Å². The smallest absolute Gasteiger partial charge is 0.410 e. The van der Waals surface area contributed by atoms with Crippen LogP contribution in [0.2, 0.25) is 5.02 Å². The average molecular weight is 628 g/mol. The third-order valence-electron chi connectivity index (χ3n) is 6.43. The summed E-state index contributed by atoms with van der Waals surface area (Å²) in [6.45, 7) is 8.77. The highest BCUT2D eigenvalue weighted by Crippen LogP contribution is 2.36. The number of anilines is 2. The molecule has 1 fully saturated rings. The molecule has 1 saturated heterocycles. The Hall–Kier alpha value is -2.56. The zero-order valence-electron chi connectivity index (χ0n) is 23.1. The van der Waals surface area contributed by atoms with Crippen LogP contribution < -0.4 is 9.80 Å². The van der Waals surface area contributed by atoms with Gasteiger partial charge in [0, 0.05) is 56.6 Å². The van der Waals surface area contributed by atoms with Crippen LogP contribution >= 0.6 is 27.5 Å². The monoisotopic (exact) mass is 626 g/mol. The molecule has 0 atom stereocenters. The topological polar surface area (TPSA) is 111 Å². The highest BCUT2D eigenvalue weighted by Gasteiger charge is 2.28. The normalized spacial score (nSPS) is 13.9. The number of benzene rings is 1. The fourth-order valence-electron chi connectivity index (χ4n) is 4.37. The average Bonchev–Trinajstić information content (AvgIpc) is 2.89. The molecule has 1 aromatic carbocycles. The lowest BCUT2D eigenvalue weighted by molar-refractivity contribution is 0.0240. The Morgan fingerprint density at radius 3 is 2.46 bits per heavy atom. The van der Waals surface area contributed by atoms with Gasteiger partial charge >= 0.3 is 6.09 Å². The summed E-state index contributed by atoms with van der Waals surface area (Å²) in [5.74, 6) is 0.512. The van der Waals surface area contributed by atoms with Crippen molar-refractivity contribution in [3.05, 3.63) is 31.8 Å². The molecule has 2 aromatic rings. The lowest BCUT2D eigenvalue weighted by Gasteiger charge is -2.36. The lowest BCUT2D eigenvalue weighted by Crippen LogP contribution is -2.50. The molecule has 0 unspecified atom stereocenters. The molecule has 0 N–H and O–H groups in total. The SMILES string of the molecule is CN(CCCCCCCCN=[N+]=[N-])c1nc(N2CCN(C(=O)OC(C)(C)C)CC2)c2cc(Cl)c(Br)c(F)c2n1. The first-order valence-corrected chi connectivity index (χ1v) is 14.5. The van der Waals surface area contributed by atoms with E-state index in [9.17, 15) is 4.79 Å². The number of halogens is 3. The number of rotatable bonds is 11. The molecule has 0 radical (unpaired) electrons. The zero-order chi connectivity index (χ0) is 28.6. The summed E-state index contributed by atoms with van der Waals surface area (Å²) in [4.78, 5) is 30.4. The van der Waals surface area contributed by atoms with Gasteiger partial charge in [-0.2, -0.15) is 4.98 Å². The van der Waals surface area contributed by atoms with Gasteiger partial charge in [-0.05, 0) is 61.1 Å². The molecular formula is C26H37BrClFN8O2. The number of hydrogen-bond donors (Lipinski definition) is 0. The summed E-state index contributed by atoms with van der Waals surface area (Å²) >= 11 is 9.56. The van der Waals surface area contributed by atoms with Gasteiger partial charge in [0.2, 0.25) is 5.95 Å². The third-order valence-corrected chi connectivity index (χ3v) is 7.73. The predicted octanol–water partition coefficient (Wildman–Crippen LogP) is 7.33. The van der Waals surface area contributed by atoms with Gasteiger partial charge < -0.3 is 19.4 Å². The molecule has 1 aromatic heterocycles. The van der Waals surface area contributed by atoms with E-state index in [0.717, 1.165) is 45.1 Å². The summed E-state index contributed by atoms with van der Waals surface area (Å²) in [7, 11) is 1.91. The second-order valence-corrected chi connectivity index (χ2v) is 11.9. The Kier molecular flexibility index (Phi) is 11.3. The standard InChI is InChI=1S/C26H37BrClFN8O2/c1-26(2,3)39-25(38)37-15-13-36(14-16-37)23-18-17-19(28)20(27)21(29)22(18)32-24(33-23)35(4)12-10-8-6-5-7-9-11-31-34-30/h17H,5-16H2,1-4H3. The molecule has 10 nitrogen and oxygen atoms in total.